The summed E-state index contributed by atoms with van der Waals surface area (Å²) in [5.41, 5.74) is 4.99. The Bertz CT molecular complexity index is 1460. The second-order valence-corrected chi connectivity index (χ2v) is 11.1. The summed E-state index contributed by atoms with van der Waals surface area (Å²) in [4.78, 5) is 25.1. The first-order valence-electron chi connectivity index (χ1n) is 11.8. The fraction of sp³-hybridized carbons (Fsp3) is 0.286. The molecule has 10 heteroatoms. The van der Waals surface area contributed by atoms with Crippen LogP contribution < -0.4 is 10.0 Å². The highest BCUT2D eigenvalue weighted by molar-refractivity contribution is 7.92. The molecule has 38 heavy (non-hydrogen) atoms. The number of hydrogen-bond acceptors (Lipinski definition) is 6. The molecular weight excluding hydrogens is 528 g/mol. The Kier molecular flexibility index (Phi) is 9.19. The second-order valence-electron chi connectivity index (χ2n) is 9.04. The summed E-state index contributed by atoms with van der Waals surface area (Å²) in [6.07, 6.45) is 0. The average molecular weight is 559 g/mol. The normalized spacial score (nSPS) is 12.1. The number of hydrogen-bond donors (Lipinski definition) is 2. The van der Waals surface area contributed by atoms with Crippen molar-refractivity contribution in [3.05, 3.63) is 81.4 Å². The van der Waals surface area contributed by atoms with E-state index in [1.165, 1.54) is 14.2 Å². The second kappa shape index (κ2) is 12.0. The molecule has 0 fully saturated rings. The zero-order chi connectivity index (χ0) is 28.2. The number of anilines is 1. The molecule has 1 unspecified atom stereocenters. The van der Waals surface area contributed by atoms with Gasteiger partial charge in [-0.05, 0) is 85.3 Å². The van der Waals surface area contributed by atoms with Crippen LogP contribution in [0.25, 0.3) is 11.1 Å². The lowest BCUT2D eigenvalue weighted by Crippen LogP contribution is -2.44. The fourth-order valence-corrected chi connectivity index (χ4v) is 5.79. The number of aryl methyl sites for hydroxylation is 4. The van der Waals surface area contributed by atoms with Crippen molar-refractivity contribution in [2.24, 2.45) is 0 Å². The summed E-state index contributed by atoms with van der Waals surface area (Å²) in [5.74, 6) is -1.02. The molecule has 0 aromatic heterocycles. The summed E-state index contributed by atoms with van der Waals surface area (Å²) < 4.78 is 38.7. The van der Waals surface area contributed by atoms with E-state index in [-0.39, 0.29) is 11.5 Å². The Morgan fingerprint density at radius 3 is 2.16 bits per heavy atom. The number of rotatable bonds is 9. The van der Waals surface area contributed by atoms with E-state index in [9.17, 15) is 18.0 Å². The number of carbonyl (C=O) groups is 2. The van der Waals surface area contributed by atoms with E-state index in [1.54, 1.807) is 58.0 Å². The van der Waals surface area contributed by atoms with Crippen LogP contribution in [0.1, 0.15) is 32.6 Å². The Labute approximate surface area is 228 Å². The molecule has 1 atom stereocenters. The van der Waals surface area contributed by atoms with E-state index in [4.69, 9.17) is 21.1 Å². The van der Waals surface area contributed by atoms with Crippen LogP contribution >= 0.6 is 11.6 Å². The first kappa shape index (κ1) is 29.2. The molecule has 8 nitrogen and oxygen atoms in total. The predicted octanol–water partition coefficient (Wildman–Crippen LogP) is 4.96. The van der Waals surface area contributed by atoms with E-state index in [0.717, 1.165) is 11.1 Å². The maximum Gasteiger partial charge on any atom is 0.330 e. The highest BCUT2D eigenvalue weighted by Gasteiger charge is 2.24. The van der Waals surface area contributed by atoms with Gasteiger partial charge >= 0.3 is 5.97 Å². The number of benzene rings is 3. The van der Waals surface area contributed by atoms with Crippen LogP contribution in [-0.4, -0.2) is 47.2 Å². The third-order valence-corrected chi connectivity index (χ3v) is 8.01. The molecule has 0 aliphatic heterocycles. The molecule has 0 saturated heterocycles. The van der Waals surface area contributed by atoms with Crippen LogP contribution in [0.3, 0.4) is 0 Å². The molecule has 0 radical (unpaired) electrons. The van der Waals surface area contributed by atoms with Crippen molar-refractivity contribution >= 4 is 39.2 Å². The summed E-state index contributed by atoms with van der Waals surface area (Å²) in [5, 5.41) is 3.17. The minimum atomic E-state index is -3.85. The van der Waals surface area contributed by atoms with Crippen LogP contribution in [0.2, 0.25) is 5.02 Å². The van der Waals surface area contributed by atoms with Crippen LogP contribution in [0, 0.1) is 27.7 Å². The first-order chi connectivity index (χ1) is 17.9. The lowest BCUT2D eigenvalue weighted by Gasteiger charge is -2.18. The molecule has 0 heterocycles. The molecule has 0 aliphatic carbocycles. The Balaban J connectivity index is 1.90. The van der Waals surface area contributed by atoms with Gasteiger partial charge in [-0.15, -0.1) is 0 Å². The van der Waals surface area contributed by atoms with Crippen molar-refractivity contribution in [3.63, 3.8) is 0 Å². The molecule has 0 bridgehead atoms. The van der Waals surface area contributed by atoms with E-state index < -0.39 is 27.9 Å². The first-order valence-corrected chi connectivity index (χ1v) is 13.6. The lowest BCUT2D eigenvalue weighted by atomic mass is 9.95. The number of nitrogens with one attached hydrogen (secondary N) is 2. The van der Waals surface area contributed by atoms with Crippen LogP contribution in [0.5, 0.6) is 0 Å². The predicted molar refractivity (Wildman–Crippen MR) is 148 cm³/mol. The third-order valence-electron chi connectivity index (χ3n) is 6.08. The van der Waals surface area contributed by atoms with Gasteiger partial charge in [0.1, 0.15) is 0 Å². The zero-order valence-electron chi connectivity index (χ0n) is 22.1. The molecule has 202 valence electrons. The van der Waals surface area contributed by atoms with Crippen molar-refractivity contribution in [1.29, 1.82) is 0 Å². The quantitative estimate of drug-likeness (QED) is 0.359. The summed E-state index contributed by atoms with van der Waals surface area (Å²) in [7, 11) is -1.18. The van der Waals surface area contributed by atoms with E-state index in [1.807, 2.05) is 18.2 Å². The monoisotopic (exact) mass is 558 g/mol. The van der Waals surface area contributed by atoms with Crippen LogP contribution in [0.4, 0.5) is 5.69 Å². The molecular formula is C28H31ClN2O6S. The van der Waals surface area contributed by atoms with Gasteiger partial charge in [-0.3, -0.25) is 9.52 Å². The van der Waals surface area contributed by atoms with Crippen LogP contribution in [-0.2, 0) is 24.3 Å². The van der Waals surface area contributed by atoms with Gasteiger partial charge < -0.3 is 14.8 Å². The van der Waals surface area contributed by atoms with Gasteiger partial charge in [-0.25, -0.2) is 13.2 Å². The van der Waals surface area contributed by atoms with E-state index >= 15 is 0 Å². The number of methoxy groups -OCH3 is 2. The maximum atomic E-state index is 13.1. The number of ether oxygens (including phenoxy) is 2. The minimum Gasteiger partial charge on any atom is -0.467 e. The SMILES string of the molecule is COCC(NC(=O)c1c(C)cc(-c2cccc(NS(=O)(=O)c3cc(C)c(Cl)cc3C)c2)cc1C)C(=O)OC. The largest absolute Gasteiger partial charge is 0.467 e. The van der Waals surface area contributed by atoms with E-state index in [2.05, 4.69) is 10.0 Å². The molecule has 2 N–H and O–H groups in total. The van der Waals surface area contributed by atoms with E-state index in [0.29, 0.717) is 38.5 Å². The smallest absolute Gasteiger partial charge is 0.330 e. The zero-order valence-corrected chi connectivity index (χ0v) is 23.7. The van der Waals surface area contributed by atoms with Gasteiger partial charge in [0, 0.05) is 23.4 Å². The standard InChI is InChI=1S/C28H31ClN2O6S/c1-16-13-25(17(2)12-23(16)29)38(34,35)31-22-9-7-8-20(14-22)21-10-18(3)26(19(4)11-21)27(32)30-24(15-36-5)28(33)37-6/h7-14,24,31H,15H2,1-6H3,(H,30,32). The van der Waals surface area contributed by atoms with Crippen molar-refractivity contribution in [2.75, 3.05) is 25.5 Å². The Morgan fingerprint density at radius 2 is 1.55 bits per heavy atom. The van der Waals surface area contributed by atoms with Gasteiger partial charge in [0.2, 0.25) is 0 Å². The number of amides is 1. The van der Waals surface area contributed by atoms with Gasteiger partial charge in [0.25, 0.3) is 15.9 Å². The highest BCUT2D eigenvalue weighted by Crippen LogP contribution is 2.30. The number of carbonyl (C=O) groups excluding carboxylic acids is 2. The number of halogens is 1. The summed E-state index contributed by atoms with van der Waals surface area (Å²) >= 11 is 6.13. The molecule has 1 amide bonds. The molecule has 0 spiro atoms. The molecule has 3 rings (SSSR count). The van der Waals surface area contributed by atoms with Gasteiger partial charge in [0.05, 0.1) is 18.6 Å². The number of sulfonamides is 1. The van der Waals surface area contributed by atoms with Gasteiger partial charge in [0.15, 0.2) is 6.04 Å². The third kappa shape index (κ3) is 6.53. The van der Waals surface area contributed by atoms with Crippen molar-refractivity contribution < 1.29 is 27.5 Å². The lowest BCUT2D eigenvalue weighted by molar-refractivity contribution is -0.144. The Hall–Kier alpha value is -3.40. The van der Waals surface area contributed by atoms with Crippen molar-refractivity contribution in [3.8, 4) is 11.1 Å². The molecule has 3 aromatic rings. The Morgan fingerprint density at radius 1 is 0.895 bits per heavy atom. The molecule has 3 aromatic carbocycles. The molecule has 0 aliphatic rings. The number of esters is 1. The highest BCUT2D eigenvalue weighted by atomic mass is 35.5. The maximum absolute atomic E-state index is 13.1. The molecule has 0 saturated carbocycles. The van der Waals surface area contributed by atoms with Gasteiger partial charge in [-0.2, -0.15) is 0 Å². The summed E-state index contributed by atoms with van der Waals surface area (Å²) in [6, 6.07) is 12.9. The van der Waals surface area contributed by atoms with Crippen molar-refractivity contribution in [2.45, 2.75) is 38.6 Å². The van der Waals surface area contributed by atoms with Crippen LogP contribution in [0.15, 0.2) is 53.4 Å². The fourth-order valence-electron chi connectivity index (χ4n) is 4.21. The summed E-state index contributed by atoms with van der Waals surface area (Å²) in [6.45, 7) is 7.03. The van der Waals surface area contributed by atoms with Crippen molar-refractivity contribution in [1.82, 2.24) is 5.32 Å². The van der Waals surface area contributed by atoms with Gasteiger partial charge in [-0.1, -0.05) is 35.9 Å². The average Bonchev–Trinajstić information content (AvgIpc) is 2.84. The minimum absolute atomic E-state index is 0.0214. The topological polar surface area (TPSA) is 111 Å².